The summed E-state index contributed by atoms with van der Waals surface area (Å²) < 4.78 is 10.7. The van der Waals surface area contributed by atoms with E-state index in [4.69, 9.17) is 9.47 Å². The highest BCUT2D eigenvalue weighted by atomic mass is 16.5. The number of aliphatic hydroxyl groups excluding tert-OH is 1. The molecule has 4 nitrogen and oxygen atoms in total. The molecule has 1 aliphatic rings. The molecule has 1 aliphatic carbocycles. The lowest BCUT2D eigenvalue weighted by Crippen LogP contribution is -2.38. The maximum absolute atomic E-state index is 10.2. The number of ether oxygens (including phenoxy) is 2. The van der Waals surface area contributed by atoms with Gasteiger partial charge >= 0.3 is 0 Å². The monoisotopic (exact) mass is 293 g/mol. The number of hydrogen-bond donors (Lipinski definition) is 1. The van der Waals surface area contributed by atoms with Crippen LogP contribution in [0.1, 0.15) is 38.4 Å². The largest absolute Gasteiger partial charge is 0.496 e. The Bertz CT molecular complexity index is 457. The van der Waals surface area contributed by atoms with Gasteiger partial charge in [0.2, 0.25) is 0 Å². The molecule has 1 aromatic carbocycles. The van der Waals surface area contributed by atoms with E-state index in [-0.39, 0.29) is 0 Å². The Hall–Kier alpha value is -1.26. The van der Waals surface area contributed by atoms with Crippen molar-refractivity contribution in [1.82, 2.24) is 0 Å². The summed E-state index contributed by atoms with van der Waals surface area (Å²) in [7, 11) is 3.37. The maximum atomic E-state index is 10.2. The van der Waals surface area contributed by atoms with Crippen LogP contribution in [-0.4, -0.2) is 38.5 Å². The molecule has 0 bridgehead atoms. The number of methoxy groups -OCH3 is 2. The summed E-state index contributed by atoms with van der Waals surface area (Å²) >= 11 is 0. The van der Waals surface area contributed by atoms with E-state index in [2.05, 4.69) is 17.9 Å². The zero-order valence-corrected chi connectivity index (χ0v) is 13.5. The molecule has 1 saturated carbocycles. The average Bonchev–Trinajstić information content (AvgIpc) is 3.31. The molecule has 0 spiro atoms. The van der Waals surface area contributed by atoms with Crippen LogP contribution in [0.4, 0.5) is 5.69 Å². The van der Waals surface area contributed by atoms with Gasteiger partial charge in [0.05, 0.1) is 19.8 Å². The van der Waals surface area contributed by atoms with Gasteiger partial charge in [-0.25, -0.2) is 0 Å². The third kappa shape index (κ3) is 3.69. The third-order valence-corrected chi connectivity index (χ3v) is 4.32. The Morgan fingerprint density at radius 3 is 2.52 bits per heavy atom. The van der Waals surface area contributed by atoms with Crippen molar-refractivity contribution in [1.29, 1.82) is 0 Å². The van der Waals surface area contributed by atoms with Gasteiger partial charge in [0, 0.05) is 30.9 Å². The molecule has 0 heterocycles. The fraction of sp³-hybridized carbons (Fsp3) is 0.647. The van der Waals surface area contributed by atoms with E-state index >= 15 is 0 Å². The first-order valence-corrected chi connectivity index (χ1v) is 7.70. The van der Waals surface area contributed by atoms with Gasteiger partial charge in [-0.2, -0.15) is 0 Å². The minimum absolute atomic E-state index is 0.449. The van der Waals surface area contributed by atoms with E-state index in [1.165, 1.54) is 12.8 Å². The highest BCUT2D eigenvalue weighted by Crippen LogP contribution is 2.40. The molecule has 1 fully saturated rings. The second kappa shape index (κ2) is 7.14. The first kappa shape index (κ1) is 16.1. The molecule has 0 aliphatic heterocycles. The van der Waals surface area contributed by atoms with Gasteiger partial charge in [0.1, 0.15) is 5.75 Å². The van der Waals surface area contributed by atoms with Gasteiger partial charge in [-0.05, 0) is 44.7 Å². The molecule has 2 rings (SSSR count). The summed E-state index contributed by atoms with van der Waals surface area (Å²) in [4.78, 5) is 2.35. The predicted molar refractivity (Wildman–Crippen MR) is 85.0 cm³/mol. The van der Waals surface area contributed by atoms with Crippen LogP contribution in [-0.2, 0) is 4.74 Å². The van der Waals surface area contributed by atoms with Crippen LogP contribution in [0.5, 0.6) is 5.75 Å². The van der Waals surface area contributed by atoms with Crippen LogP contribution < -0.4 is 9.64 Å². The van der Waals surface area contributed by atoms with Gasteiger partial charge in [-0.1, -0.05) is 6.07 Å². The standard InChI is InChI=1S/C17H27NO3/c1-12(14-8-9-14)18(10-11-20-3)15-6-5-7-16(21-4)17(15)13(2)19/h5-7,12-14,19H,8-11H2,1-4H3/t12?,13-/m1/s1. The molecule has 0 radical (unpaired) electrons. The Balaban J connectivity index is 2.37. The van der Waals surface area contributed by atoms with Crippen LogP contribution in [0, 0.1) is 5.92 Å². The average molecular weight is 293 g/mol. The fourth-order valence-corrected chi connectivity index (χ4v) is 2.95. The summed E-state index contributed by atoms with van der Waals surface area (Å²) in [5, 5.41) is 10.2. The van der Waals surface area contributed by atoms with Crippen molar-refractivity contribution in [3.05, 3.63) is 23.8 Å². The maximum Gasteiger partial charge on any atom is 0.126 e. The lowest BCUT2D eigenvalue weighted by atomic mass is 10.0. The summed E-state index contributed by atoms with van der Waals surface area (Å²) in [5.74, 6) is 1.49. The van der Waals surface area contributed by atoms with E-state index in [0.29, 0.717) is 12.6 Å². The lowest BCUT2D eigenvalue weighted by molar-refractivity contribution is 0.192. The van der Waals surface area contributed by atoms with Crippen LogP contribution in [0.15, 0.2) is 18.2 Å². The topological polar surface area (TPSA) is 41.9 Å². The predicted octanol–water partition coefficient (Wildman–Crippen LogP) is 3.00. The number of aliphatic hydroxyl groups is 1. The second-order valence-electron chi connectivity index (χ2n) is 5.83. The van der Waals surface area contributed by atoms with Crippen molar-refractivity contribution < 1.29 is 14.6 Å². The number of benzene rings is 1. The van der Waals surface area contributed by atoms with E-state index in [0.717, 1.165) is 29.5 Å². The molecule has 1 N–H and O–H groups in total. The SMILES string of the molecule is COCCN(c1cccc(OC)c1[C@@H](C)O)C(C)C1CC1. The number of anilines is 1. The van der Waals surface area contributed by atoms with Crippen LogP contribution in [0.3, 0.4) is 0 Å². The zero-order valence-electron chi connectivity index (χ0n) is 13.5. The molecule has 0 amide bonds. The Morgan fingerprint density at radius 1 is 1.29 bits per heavy atom. The van der Waals surface area contributed by atoms with E-state index in [1.54, 1.807) is 21.1 Å². The zero-order chi connectivity index (χ0) is 15.4. The normalized spacial score (nSPS) is 17.4. The molecule has 0 saturated heterocycles. The van der Waals surface area contributed by atoms with Crippen molar-refractivity contribution in [3.63, 3.8) is 0 Å². The molecule has 1 aromatic rings. The quantitative estimate of drug-likeness (QED) is 0.800. The van der Waals surface area contributed by atoms with E-state index in [1.807, 2.05) is 12.1 Å². The smallest absolute Gasteiger partial charge is 0.126 e. The Morgan fingerprint density at radius 2 is 2.00 bits per heavy atom. The summed E-state index contributed by atoms with van der Waals surface area (Å²) in [6.45, 7) is 5.55. The molecular formula is C17H27NO3. The van der Waals surface area contributed by atoms with Crippen molar-refractivity contribution >= 4 is 5.69 Å². The minimum atomic E-state index is -0.562. The summed E-state index contributed by atoms with van der Waals surface area (Å²) in [6, 6.07) is 6.41. The van der Waals surface area contributed by atoms with Gasteiger partial charge in [0.15, 0.2) is 0 Å². The molecule has 0 aromatic heterocycles. The highest BCUT2D eigenvalue weighted by molar-refractivity contribution is 5.61. The Labute approximate surface area is 127 Å². The third-order valence-electron chi connectivity index (χ3n) is 4.32. The van der Waals surface area contributed by atoms with Gasteiger partial charge in [-0.15, -0.1) is 0 Å². The second-order valence-corrected chi connectivity index (χ2v) is 5.83. The minimum Gasteiger partial charge on any atom is -0.496 e. The molecule has 2 atom stereocenters. The van der Waals surface area contributed by atoms with Crippen LogP contribution >= 0.6 is 0 Å². The van der Waals surface area contributed by atoms with Crippen molar-refractivity contribution in [3.8, 4) is 5.75 Å². The summed E-state index contributed by atoms with van der Waals surface area (Å²) in [6.07, 6.45) is 2.02. The van der Waals surface area contributed by atoms with Crippen LogP contribution in [0.25, 0.3) is 0 Å². The number of nitrogens with zero attached hydrogens (tertiary/aromatic N) is 1. The first-order chi connectivity index (χ1) is 10.1. The van der Waals surface area contributed by atoms with Gasteiger partial charge in [-0.3, -0.25) is 0 Å². The lowest BCUT2D eigenvalue weighted by Gasteiger charge is -2.34. The van der Waals surface area contributed by atoms with Crippen molar-refractivity contribution in [2.45, 2.75) is 38.8 Å². The highest BCUT2D eigenvalue weighted by Gasteiger charge is 2.33. The van der Waals surface area contributed by atoms with Gasteiger partial charge in [0.25, 0.3) is 0 Å². The molecule has 118 valence electrons. The number of rotatable bonds is 8. The molecule has 21 heavy (non-hydrogen) atoms. The molecular weight excluding hydrogens is 266 g/mol. The first-order valence-electron chi connectivity index (χ1n) is 7.70. The molecule has 1 unspecified atom stereocenters. The number of hydrogen-bond acceptors (Lipinski definition) is 4. The summed E-state index contributed by atoms with van der Waals surface area (Å²) in [5.41, 5.74) is 1.92. The Kier molecular flexibility index (Phi) is 5.48. The molecule has 4 heteroatoms. The van der Waals surface area contributed by atoms with Crippen LogP contribution in [0.2, 0.25) is 0 Å². The van der Waals surface area contributed by atoms with Crippen molar-refractivity contribution in [2.75, 3.05) is 32.3 Å². The van der Waals surface area contributed by atoms with E-state index in [9.17, 15) is 5.11 Å². The van der Waals surface area contributed by atoms with Gasteiger partial charge < -0.3 is 19.5 Å². The van der Waals surface area contributed by atoms with Crippen molar-refractivity contribution in [2.24, 2.45) is 5.92 Å². The fourth-order valence-electron chi connectivity index (χ4n) is 2.95. The van der Waals surface area contributed by atoms with E-state index < -0.39 is 6.10 Å².